The van der Waals surface area contributed by atoms with Crippen LogP contribution in [0.2, 0.25) is 0 Å². The second kappa shape index (κ2) is 8.77. The molecular formula is C18H30N2O3. The molecule has 5 nitrogen and oxygen atoms in total. The fourth-order valence-electron chi connectivity index (χ4n) is 2.18. The molecule has 23 heavy (non-hydrogen) atoms. The molecule has 0 aliphatic heterocycles. The second-order valence-electron chi connectivity index (χ2n) is 7.18. The number of carbonyl (C=O) groups is 1. The molecule has 0 aliphatic rings. The van der Waals surface area contributed by atoms with Crippen molar-refractivity contribution in [2.45, 2.75) is 47.1 Å². The van der Waals surface area contributed by atoms with Crippen LogP contribution in [0, 0.1) is 5.41 Å². The smallest absolute Gasteiger partial charge is 0.321 e. The molecule has 130 valence electrons. The minimum absolute atomic E-state index is 0.00174. The number of hydrogen-bond donors (Lipinski definition) is 2. The van der Waals surface area contributed by atoms with E-state index in [0.717, 1.165) is 11.4 Å². The Morgan fingerprint density at radius 3 is 2.35 bits per heavy atom. The van der Waals surface area contributed by atoms with Crippen LogP contribution >= 0.6 is 0 Å². The SMILES string of the molecule is CC(C)Oc1ccc(NC(=O)N(CCCO)CC(C)(C)C)cc1. The highest BCUT2D eigenvalue weighted by atomic mass is 16.5. The summed E-state index contributed by atoms with van der Waals surface area (Å²) in [5, 5.41) is 11.9. The molecule has 1 aromatic carbocycles. The van der Waals surface area contributed by atoms with Gasteiger partial charge in [-0.15, -0.1) is 0 Å². The first-order valence-electron chi connectivity index (χ1n) is 8.15. The Labute approximate surface area is 139 Å². The van der Waals surface area contributed by atoms with Crippen molar-refractivity contribution in [3.8, 4) is 5.75 Å². The maximum absolute atomic E-state index is 12.5. The second-order valence-corrected chi connectivity index (χ2v) is 7.18. The van der Waals surface area contributed by atoms with Gasteiger partial charge in [0.25, 0.3) is 0 Å². The lowest BCUT2D eigenvalue weighted by Gasteiger charge is -2.30. The van der Waals surface area contributed by atoms with Gasteiger partial charge in [0.15, 0.2) is 0 Å². The van der Waals surface area contributed by atoms with Crippen LogP contribution in [0.25, 0.3) is 0 Å². The number of aliphatic hydroxyl groups excluding tert-OH is 1. The van der Waals surface area contributed by atoms with E-state index in [0.29, 0.717) is 19.5 Å². The minimum atomic E-state index is -0.147. The van der Waals surface area contributed by atoms with Crippen LogP contribution in [-0.2, 0) is 0 Å². The molecule has 0 atom stereocenters. The van der Waals surface area contributed by atoms with Gasteiger partial charge in [-0.1, -0.05) is 20.8 Å². The van der Waals surface area contributed by atoms with Gasteiger partial charge in [-0.2, -0.15) is 0 Å². The first-order valence-corrected chi connectivity index (χ1v) is 8.15. The molecule has 0 aromatic heterocycles. The molecule has 0 saturated carbocycles. The van der Waals surface area contributed by atoms with Crippen molar-refractivity contribution in [3.63, 3.8) is 0 Å². The standard InChI is InChI=1S/C18H30N2O3/c1-14(2)23-16-9-7-15(8-10-16)19-17(22)20(11-6-12-21)13-18(3,4)5/h7-10,14,21H,6,11-13H2,1-5H3,(H,19,22). The number of amides is 2. The van der Waals surface area contributed by atoms with Crippen molar-refractivity contribution >= 4 is 11.7 Å². The Morgan fingerprint density at radius 1 is 1.26 bits per heavy atom. The van der Waals surface area contributed by atoms with Crippen molar-refractivity contribution in [1.82, 2.24) is 4.90 Å². The number of hydrogen-bond acceptors (Lipinski definition) is 3. The molecule has 5 heteroatoms. The third-order valence-corrected chi connectivity index (χ3v) is 3.02. The summed E-state index contributed by atoms with van der Waals surface area (Å²) < 4.78 is 5.59. The van der Waals surface area contributed by atoms with Gasteiger partial charge in [0.1, 0.15) is 5.75 Å². The van der Waals surface area contributed by atoms with Crippen LogP contribution in [0.3, 0.4) is 0 Å². The van der Waals surface area contributed by atoms with Crippen molar-refractivity contribution in [1.29, 1.82) is 0 Å². The van der Waals surface area contributed by atoms with Gasteiger partial charge in [0.05, 0.1) is 6.10 Å². The molecule has 1 rings (SSSR count). The number of ether oxygens (including phenoxy) is 1. The molecule has 0 bridgehead atoms. The zero-order chi connectivity index (χ0) is 17.5. The average Bonchev–Trinajstić information content (AvgIpc) is 2.43. The Balaban J connectivity index is 2.69. The Morgan fingerprint density at radius 2 is 1.87 bits per heavy atom. The summed E-state index contributed by atoms with van der Waals surface area (Å²) in [6.45, 7) is 11.5. The molecule has 0 radical (unpaired) electrons. The zero-order valence-corrected chi connectivity index (χ0v) is 14.9. The molecule has 0 heterocycles. The maximum Gasteiger partial charge on any atom is 0.321 e. The van der Waals surface area contributed by atoms with Gasteiger partial charge >= 0.3 is 6.03 Å². The third kappa shape index (κ3) is 7.88. The molecular weight excluding hydrogens is 292 g/mol. The van der Waals surface area contributed by atoms with Crippen molar-refractivity contribution < 1.29 is 14.6 Å². The molecule has 0 aliphatic carbocycles. The molecule has 1 aromatic rings. The zero-order valence-electron chi connectivity index (χ0n) is 14.9. The normalized spacial score (nSPS) is 11.4. The molecule has 2 amide bonds. The van der Waals surface area contributed by atoms with Crippen LogP contribution < -0.4 is 10.1 Å². The average molecular weight is 322 g/mol. The lowest BCUT2D eigenvalue weighted by atomic mass is 9.96. The number of benzene rings is 1. The monoisotopic (exact) mass is 322 g/mol. The number of carbonyl (C=O) groups excluding carboxylic acids is 1. The van der Waals surface area contributed by atoms with E-state index in [1.165, 1.54) is 0 Å². The molecule has 0 unspecified atom stereocenters. The summed E-state index contributed by atoms with van der Waals surface area (Å²) in [6, 6.07) is 7.20. The predicted octanol–water partition coefficient (Wildman–Crippen LogP) is 3.74. The highest BCUT2D eigenvalue weighted by Crippen LogP contribution is 2.19. The largest absolute Gasteiger partial charge is 0.491 e. The summed E-state index contributed by atoms with van der Waals surface area (Å²) in [7, 11) is 0. The van der Waals surface area contributed by atoms with Crippen molar-refractivity contribution in [2.24, 2.45) is 5.41 Å². The van der Waals surface area contributed by atoms with Crippen LogP contribution in [0.15, 0.2) is 24.3 Å². The van der Waals surface area contributed by atoms with Crippen LogP contribution in [0.5, 0.6) is 5.75 Å². The van der Waals surface area contributed by atoms with E-state index in [9.17, 15) is 4.79 Å². The fraction of sp³-hybridized carbons (Fsp3) is 0.611. The predicted molar refractivity (Wildman–Crippen MR) is 94.0 cm³/mol. The summed E-state index contributed by atoms with van der Waals surface area (Å²) in [5.74, 6) is 0.782. The summed E-state index contributed by atoms with van der Waals surface area (Å²) >= 11 is 0. The van der Waals surface area contributed by atoms with Crippen LogP contribution in [0.1, 0.15) is 41.0 Å². The molecule has 0 fully saturated rings. The van der Waals surface area contributed by atoms with E-state index in [1.54, 1.807) is 4.90 Å². The minimum Gasteiger partial charge on any atom is -0.491 e. The molecule has 0 saturated heterocycles. The number of anilines is 1. The molecule has 0 spiro atoms. The Bertz CT molecular complexity index is 478. The highest BCUT2D eigenvalue weighted by Gasteiger charge is 2.20. The van der Waals surface area contributed by atoms with Gasteiger partial charge in [0.2, 0.25) is 0 Å². The highest BCUT2D eigenvalue weighted by molar-refractivity contribution is 5.89. The van der Waals surface area contributed by atoms with E-state index in [2.05, 4.69) is 26.1 Å². The van der Waals surface area contributed by atoms with E-state index in [-0.39, 0.29) is 24.2 Å². The van der Waals surface area contributed by atoms with E-state index < -0.39 is 0 Å². The van der Waals surface area contributed by atoms with Crippen LogP contribution in [-0.4, -0.2) is 41.8 Å². The first-order chi connectivity index (χ1) is 10.7. The lowest BCUT2D eigenvalue weighted by Crippen LogP contribution is -2.41. The van der Waals surface area contributed by atoms with Crippen LogP contribution in [0.4, 0.5) is 10.5 Å². The Kier molecular flexibility index (Phi) is 7.36. The van der Waals surface area contributed by atoms with Gasteiger partial charge in [-0.05, 0) is 49.9 Å². The van der Waals surface area contributed by atoms with Gasteiger partial charge in [-0.25, -0.2) is 4.79 Å². The van der Waals surface area contributed by atoms with Gasteiger partial charge in [-0.3, -0.25) is 0 Å². The summed E-state index contributed by atoms with van der Waals surface area (Å²) in [5.41, 5.74) is 0.732. The summed E-state index contributed by atoms with van der Waals surface area (Å²) in [6.07, 6.45) is 0.696. The number of nitrogens with zero attached hydrogens (tertiary/aromatic N) is 1. The first kappa shape index (κ1) is 19.3. The number of urea groups is 1. The quantitative estimate of drug-likeness (QED) is 0.804. The van der Waals surface area contributed by atoms with Crippen molar-refractivity contribution in [2.75, 3.05) is 25.0 Å². The maximum atomic E-state index is 12.5. The van der Waals surface area contributed by atoms with E-state index >= 15 is 0 Å². The van der Waals surface area contributed by atoms with Gasteiger partial charge in [0, 0.05) is 25.4 Å². The molecule has 2 N–H and O–H groups in total. The number of nitrogens with one attached hydrogen (secondary N) is 1. The van der Waals surface area contributed by atoms with E-state index in [4.69, 9.17) is 9.84 Å². The van der Waals surface area contributed by atoms with Gasteiger partial charge < -0.3 is 20.1 Å². The summed E-state index contributed by atoms with van der Waals surface area (Å²) in [4.78, 5) is 14.2. The van der Waals surface area contributed by atoms with Crippen molar-refractivity contribution in [3.05, 3.63) is 24.3 Å². The number of rotatable bonds is 7. The fourth-order valence-corrected chi connectivity index (χ4v) is 2.18. The third-order valence-electron chi connectivity index (χ3n) is 3.02. The lowest BCUT2D eigenvalue weighted by molar-refractivity contribution is 0.176. The Hall–Kier alpha value is -1.75. The number of aliphatic hydroxyl groups is 1. The van der Waals surface area contributed by atoms with E-state index in [1.807, 2.05) is 38.1 Å². The topological polar surface area (TPSA) is 61.8 Å².